The van der Waals surface area contributed by atoms with E-state index < -0.39 is 11.6 Å². The SMILES string of the molecule is CCCCCCCOc1ccc(CCC2CCC(/C=C/CCCCCCCF)CC2)c(F)c1F. The van der Waals surface area contributed by atoms with E-state index in [-0.39, 0.29) is 12.4 Å². The Morgan fingerprint density at radius 1 is 0.853 bits per heavy atom. The first kappa shape index (κ1) is 28.8. The van der Waals surface area contributed by atoms with Crippen molar-refractivity contribution >= 4 is 0 Å². The van der Waals surface area contributed by atoms with Gasteiger partial charge in [0, 0.05) is 0 Å². The van der Waals surface area contributed by atoms with Crippen molar-refractivity contribution in [2.24, 2.45) is 11.8 Å². The van der Waals surface area contributed by atoms with Crippen molar-refractivity contribution in [2.75, 3.05) is 13.3 Å². The number of unbranched alkanes of at least 4 members (excludes halogenated alkanes) is 9. The summed E-state index contributed by atoms with van der Waals surface area (Å²) in [4.78, 5) is 0. The zero-order valence-corrected chi connectivity index (χ0v) is 21.4. The Balaban J connectivity index is 1.63. The van der Waals surface area contributed by atoms with Gasteiger partial charge >= 0.3 is 0 Å². The van der Waals surface area contributed by atoms with Crippen LogP contribution >= 0.6 is 0 Å². The Morgan fingerprint density at radius 2 is 1.56 bits per heavy atom. The van der Waals surface area contributed by atoms with Crippen LogP contribution in [0.3, 0.4) is 0 Å². The van der Waals surface area contributed by atoms with Crippen LogP contribution in [0.25, 0.3) is 0 Å². The van der Waals surface area contributed by atoms with Crippen molar-refractivity contribution in [1.82, 2.24) is 0 Å². The minimum absolute atomic E-state index is 0.0452. The highest BCUT2D eigenvalue weighted by Crippen LogP contribution is 2.33. The van der Waals surface area contributed by atoms with Crippen LogP contribution in [0.5, 0.6) is 5.75 Å². The number of halogens is 3. The van der Waals surface area contributed by atoms with Gasteiger partial charge in [0.15, 0.2) is 11.6 Å². The highest BCUT2D eigenvalue weighted by molar-refractivity contribution is 5.31. The van der Waals surface area contributed by atoms with E-state index in [2.05, 4.69) is 19.1 Å². The summed E-state index contributed by atoms with van der Waals surface area (Å²) in [6.45, 7) is 2.43. The van der Waals surface area contributed by atoms with Gasteiger partial charge in [0.25, 0.3) is 0 Å². The molecule has 0 N–H and O–H groups in total. The zero-order valence-electron chi connectivity index (χ0n) is 21.4. The normalized spacial score (nSPS) is 18.6. The predicted octanol–water partition coefficient (Wildman–Crippen LogP) is 9.92. The van der Waals surface area contributed by atoms with E-state index in [1.807, 2.05) is 0 Å². The second-order valence-corrected chi connectivity index (χ2v) is 10.1. The number of hydrogen-bond donors (Lipinski definition) is 0. The topological polar surface area (TPSA) is 9.23 Å². The van der Waals surface area contributed by atoms with Crippen molar-refractivity contribution in [3.8, 4) is 5.75 Å². The first-order chi connectivity index (χ1) is 16.7. The Hall–Kier alpha value is -1.45. The Labute approximate surface area is 206 Å². The highest BCUT2D eigenvalue weighted by atomic mass is 19.2. The molecule has 0 unspecified atom stereocenters. The summed E-state index contributed by atoms with van der Waals surface area (Å²) in [6, 6.07) is 3.30. The minimum atomic E-state index is -0.831. The van der Waals surface area contributed by atoms with Gasteiger partial charge in [-0.25, -0.2) is 4.39 Å². The van der Waals surface area contributed by atoms with Crippen LogP contribution in [0.2, 0.25) is 0 Å². The second-order valence-electron chi connectivity index (χ2n) is 10.1. The first-order valence-electron chi connectivity index (χ1n) is 14.0. The molecule has 0 spiro atoms. The van der Waals surface area contributed by atoms with Crippen LogP contribution in [0, 0.1) is 23.5 Å². The lowest BCUT2D eigenvalue weighted by molar-refractivity contribution is 0.282. The number of hydrogen-bond acceptors (Lipinski definition) is 1. The van der Waals surface area contributed by atoms with Crippen molar-refractivity contribution in [3.05, 3.63) is 41.5 Å². The molecule has 0 aromatic heterocycles. The number of alkyl halides is 1. The molecule has 4 heteroatoms. The molecule has 194 valence electrons. The van der Waals surface area contributed by atoms with Crippen LogP contribution in [0.15, 0.2) is 24.3 Å². The van der Waals surface area contributed by atoms with Gasteiger partial charge in [-0.3, -0.25) is 4.39 Å². The fourth-order valence-electron chi connectivity index (χ4n) is 4.97. The molecular weight excluding hydrogens is 433 g/mol. The summed E-state index contributed by atoms with van der Waals surface area (Å²) in [5, 5.41) is 0. The van der Waals surface area contributed by atoms with Gasteiger partial charge in [-0.15, -0.1) is 0 Å². The molecule has 0 atom stereocenters. The summed E-state index contributed by atoms with van der Waals surface area (Å²) in [6.07, 6.45) is 22.8. The molecule has 0 heterocycles. The molecule has 1 aromatic carbocycles. The van der Waals surface area contributed by atoms with Crippen LogP contribution in [-0.2, 0) is 6.42 Å². The highest BCUT2D eigenvalue weighted by Gasteiger charge is 2.21. The maximum absolute atomic E-state index is 14.6. The average Bonchev–Trinajstić information content (AvgIpc) is 2.85. The summed E-state index contributed by atoms with van der Waals surface area (Å²) in [5.74, 6) is -0.257. The lowest BCUT2D eigenvalue weighted by Crippen LogP contribution is -2.14. The van der Waals surface area contributed by atoms with E-state index in [1.165, 1.54) is 51.4 Å². The molecule has 34 heavy (non-hydrogen) atoms. The molecule has 0 radical (unpaired) electrons. The van der Waals surface area contributed by atoms with E-state index in [9.17, 15) is 13.2 Å². The van der Waals surface area contributed by atoms with Crippen LogP contribution in [0.4, 0.5) is 13.2 Å². The third-order valence-electron chi connectivity index (χ3n) is 7.26. The van der Waals surface area contributed by atoms with Gasteiger partial charge in [0.1, 0.15) is 0 Å². The number of ether oxygens (including phenoxy) is 1. The predicted molar refractivity (Wildman–Crippen MR) is 137 cm³/mol. The van der Waals surface area contributed by atoms with Gasteiger partial charge in [0.2, 0.25) is 5.82 Å². The molecular formula is C30H47F3O. The fourth-order valence-corrected chi connectivity index (χ4v) is 4.97. The lowest BCUT2D eigenvalue weighted by Gasteiger charge is -2.27. The first-order valence-corrected chi connectivity index (χ1v) is 14.0. The molecule has 1 nitrogen and oxygen atoms in total. The maximum atomic E-state index is 14.6. The fraction of sp³-hybridized carbons (Fsp3) is 0.733. The number of aryl methyl sites for hydroxylation is 1. The standard InChI is InChI=1S/C30H47F3O/c1-2-3-4-10-13-24-34-28-22-21-27(29(32)30(28)33)20-19-26-17-15-25(16-18-26)14-11-8-6-5-7-9-12-23-31/h11,14,21-22,25-26H,2-10,12-13,15-20,23-24H2,1H3/b14-11+. The van der Waals surface area contributed by atoms with Crippen LogP contribution in [-0.4, -0.2) is 13.3 Å². The summed E-state index contributed by atoms with van der Waals surface area (Å²) >= 11 is 0. The minimum Gasteiger partial charge on any atom is -0.490 e. The smallest absolute Gasteiger partial charge is 0.200 e. The molecule has 1 fully saturated rings. The van der Waals surface area contributed by atoms with Crippen molar-refractivity contribution in [2.45, 2.75) is 116 Å². The van der Waals surface area contributed by atoms with Crippen molar-refractivity contribution < 1.29 is 17.9 Å². The largest absolute Gasteiger partial charge is 0.490 e. The third kappa shape index (κ3) is 11.3. The van der Waals surface area contributed by atoms with Gasteiger partial charge < -0.3 is 4.74 Å². The third-order valence-corrected chi connectivity index (χ3v) is 7.26. The van der Waals surface area contributed by atoms with E-state index in [4.69, 9.17) is 4.74 Å². The van der Waals surface area contributed by atoms with Crippen LogP contribution in [0.1, 0.15) is 115 Å². The van der Waals surface area contributed by atoms with Gasteiger partial charge in [-0.05, 0) is 87.7 Å². The molecule has 0 aliphatic heterocycles. The lowest BCUT2D eigenvalue weighted by atomic mass is 9.79. The Kier molecular flexibility index (Phi) is 15.2. The quantitative estimate of drug-likeness (QED) is 0.150. The second kappa shape index (κ2) is 17.9. The average molecular weight is 481 g/mol. The van der Waals surface area contributed by atoms with E-state index >= 15 is 0 Å². The van der Waals surface area contributed by atoms with Crippen molar-refractivity contribution in [1.29, 1.82) is 0 Å². The number of rotatable bonds is 18. The zero-order chi connectivity index (χ0) is 24.4. The summed E-state index contributed by atoms with van der Waals surface area (Å²) < 4.78 is 46.6. The van der Waals surface area contributed by atoms with E-state index in [0.29, 0.717) is 36.8 Å². The molecule has 1 aliphatic rings. The molecule has 2 rings (SSSR count). The van der Waals surface area contributed by atoms with Gasteiger partial charge in [0.05, 0.1) is 13.3 Å². The summed E-state index contributed by atoms with van der Waals surface area (Å²) in [5.41, 5.74) is 0.473. The molecule has 0 amide bonds. The number of allylic oxidation sites excluding steroid dienone is 2. The molecule has 0 saturated heterocycles. The molecule has 1 saturated carbocycles. The number of benzene rings is 1. The van der Waals surface area contributed by atoms with E-state index in [1.54, 1.807) is 12.1 Å². The Bertz CT molecular complexity index is 680. The van der Waals surface area contributed by atoms with Gasteiger partial charge in [-0.1, -0.05) is 70.1 Å². The monoisotopic (exact) mass is 480 g/mol. The van der Waals surface area contributed by atoms with Crippen LogP contribution < -0.4 is 4.74 Å². The maximum Gasteiger partial charge on any atom is 0.200 e. The van der Waals surface area contributed by atoms with Crippen molar-refractivity contribution in [3.63, 3.8) is 0 Å². The van der Waals surface area contributed by atoms with E-state index in [0.717, 1.165) is 44.9 Å². The van der Waals surface area contributed by atoms with Gasteiger partial charge in [-0.2, -0.15) is 4.39 Å². The molecule has 0 bridgehead atoms. The Morgan fingerprint density at radius 3 is 2.32 bits per heavy atom. The molecule has 1 aliphatic carbocycles. The summed E-state index contributed by atoms with van der Waals surface area (Å²) in [7, 11) is 0. The molecule has 1 aromatic rings.